The smallest absolute Gasteiger partial charge is 0.375 e. The van der Waals surface area contributed by atoms with Crippen LogP contribution in [0.1, 0.15) is 10.6 Å². The summed E-state index contributed by atoms with van der Waals surface area (Å²) in [4.78, 5) is 13.6. The molecular weight excluding hydrogens is 158 g/mol. The maximum Gasteiger partial charge on any atom is 0.375 e. The number of carboxylic acid groups (broad SMARTS) is 1. The molecule has 0 saturated heterocycles. The zero-order valence-electron chi connectivity index (χ0n) is 4.86. The molecule has 0 aliphatic heterocycles. The molecule has 0 aliphatic rings. The molecule has 10 heavy (non-hydrogen) atoms. The molecule has 0 radical (unpaired) electrons. The molecule has 1 aromatic rings. The Hall–Kier alpha value is -1.10. The highest BCUT2D eigenvalue weighted by Crippen LogP contribution is 1.90. The summed E-state index contributed by atoms with van der Waals surface area (Å²) in [6, 6.07) is 0.111. The van der Waals surface area contributed by atoms with Crippen molar-refractivity contribution in [1.82, 2.24) is 14.8 Å². The van der Waals surface area contributed by atoms with Gasteiger partial charge in [-0.15, -0.1) is 16.7 Å². The summed E-state index contributed by atoms with van der Waals surface area (Å²) in [5.41, 5.74) is 0. The Labute approximate surface area is 61.2 Å². The van der Waals surface area contributed by atoms with Crippen LogP contribution in [0.3, 0.4) is 0 Å². The molecule has 0 saturated carbocycles. The lowest BCUT2D eigenvalue weighted by atomic mass is 10.7. The van der Waals surface area contributed by atoms with Crippen molar-refractivity contribution in [3.8, 4) is 0 Å². The van der Waals surface area contributed by atoms with Crippen molar-refractivity contribution in [2.24, 2.45) is 0 Å². The van der Waals surface area contributed by atoms with Gasteiger partial charge in [0.25, 0.3) is 5.82 Å². The van der Waals surface area contributed by atoms with E-state index < -0.39 is 5.97 Å². The summed E-state index contributed by atoms with van der Waals surface area (Å²) in [6.07, 6.45) is 1.26. The second-order valence-electron chi connectivity index (χ2n) is 1.53. The first-order valence-corrected chi connectivity index (χ1v) is 2.96. The standard InChI is InChI=1S/C4H4ClN3O2/c5-1-8-2-6-3(7-8)4(9)10/h2H,1H2,(H,9,10). The number of hydrogen-bond acceptors (Lipinski definition) is 3. The van der Waals surface area contributed by atoms with Crippen LogP contribution < -0.4 is 0 Å². The minimum atomic E-state index is -1.15. The van der Waals surface area contributed by atoms with Crippen LogP contribution in [-0.2, 0) is 6.00 Å². The van der Waals surface area contributed by atoms with Gasteiger partial charge >= 0.3 is 5.97 Å². The van der Waals surface area contributed by atoms with Gasteiger partial charge in [-0.25, -0.2) is 14.5 Å². The van der Waals surface area contributed by atoms with Crippen LogP contribution in [0, 0.1) is 0 Å². The molecule has 1 heterocycles. The molecule has 1 rings (SSSR count). The second-order valence-corrected chi connectivity index (χ2v) is 1.77. The molecule has 54 valence electrons. The van der Waals surface area contributed by atoms with Crippen molar-refractivity contribution < 1.29 is 9.90 Å². The predicted octanol–water partition coefficient (Wildman–Crippen LogP) is 0.173. The van der Waals surface area contributed by atoms with E-state index >= 15 is 0 Å². The molecule has 1 N–H and O–H groups in total. The summed E-state index contributed by atoms with van der Waals surface area (Å²) in [5.74, 6) is -1.38. The molecule has 0 amide bonds. The molecule has 0 aromatic carbocycles. The van der Waals surface area contributed by atoms with Gasteiger partial charge in [0, 0.05) is 0 Å². The molecular formula is C4H4ClN3O2. The van der Waals surface area contributed by atoms with Crippen molar-refractivity contribution in [3.05, 3.63) is 12.2 Å². The number of nitrogens with zero attached hydrogens (tertiary/aromatic N) is 3. The molecule has 0 bridgehead atoms. The van der Waals surface area contributed by atoms with Crippen LogP contribution in [0.15, 0.2) is 6.33 Å². The number of halogens is 1. The molecule has 0 unspecified atom stereocenters. The highest BCUT2D eigenvalue weighted by Gasteiger charge is 2.06. The minimum absolute atomic E-state index is 0.111. The van der Waals surface area contributed by atoms with Gasteiger partial charge < -0.3 is 5.11 Å². The fourth-order valence-electron chi connectivity index (χ4n) is 0.450. The van der Waals surface area contributed by atoms with E-state index in [1.54, 1.807) is 0 Å². The van der Waals surface area contributed by atoms with Gasteiger partial charge in [0.05, 0.1) is 0 Å². The summed E-state index contributed by atoms with van der Waals surface area (Å²) in [5, 5.41) is 11.8. The highest BCUT2D eigenvalue weighted by atomic mass is 35.5. The number of hydrogen-bond donors (Lipinski definition) is 1. The maximum absolute atomic E-state index is 10.1. The van der Waals surface area contributed by atoms with E-state index in [0.29, 0.717) is 0 Å². The quantitative estimate of drug-likeness (QED) is 0.628. The first kappa shape index (κ1) is 7.01. The first-order valence-electron chi connectivity index (χ1n) is 2.42. The Morgan fingerprint density at radius 3 is 2.90 bits per heavy atom. The lowest BCUT2D eigenvalue weighted by Gasteiger charge is -1.85. The van der Waals surface area contributed by atoms with E-state index in [0.717, 1.165) is 0 Å². The number of rotatable bonds is 2. The Balaban J connectivity index is 2.88. The molecule has 0 fully saturated rings. The lowest BCUT2D eigenvalue weighted by Crippen LogP contribution is -2.01. The molecule has 5 nitrogen and oxygen atoms in total. The van der Waals surface area contributed by atoms with E-state index in [-0.39, 0.29) is 11.8 Å². The third-order valence-corrected chi connectivity index (χ3v) is 1.10. The number of carboxylic acids is 1. The normalized spacial score (nSPS) is 9.70. The summed E-state index contributed by atoms with van der Waals surface area (Å²) in [6.45, 7) is 0. The van der Waals surface area contributed by atoms with E-state index in [1.165, 1.54) is 11.0 Å². The maximum atomic E-state index is 10.1. The van der Waals surface area contributed by atoms with Crippen LogP contribution in [0.5, 0.6) is 0 Å². The largest absolute Gasteiger partial charge is 0.475 e. The Kier molecular flexibility index (Phi) is 1.86. The average molecular weight is 162 g/mol. The third kappa shape index (κ3) is 1.24. The molecule has 6 heteroatoms. The van der Waals surface area contributed by atoms with Gasteiger partial charge in [0.2, 0.25) is 0 Å². The summed E-state index contributed by atoms with van der Waals surface area (Å²) in [7, 11) is 0. The predicted molar refractivity (Wildman–Crippen MR) is 32.8 cm³/mol. The highest BCUT2D eigenvalue weighted by molar-refractivity contribution is 6.15. The molecule has 1 aromatic heterocycles. The lowest BCUT2D eigenvalue weighted by molar-refractivity contribution is 0.0683. The van der Waals surface area contributed by atoms with Crippen LogP contribution in [0.4, 0.5) is 0 Å². The van der Waals surface area contributed by atoms with E-state index in [4.69, 9.17) is 16.7 Å². The van der Waals surface area contributed by atoms with Gasteiger partial charge in [0.15, 0.2) is 0 Å². The van der Waals surface area contributed by atoms with E-state index in [2.05, 4.69) is 10.1 Å². The Morgan fingerprint density at radius 1 is 1.90 bits per heavy atom. The third-order valence-electron chi connectivity index (χ3n) is 0.850. The van der Waals surface area contributed by atoms with Crippen LogP contribution in [0.25, 0.3) is 0 Å². The van der Waals surface area contributed by atoms with Crippen molar-refractivity contribution in [3.63, 3.8) is 0 Å². The SMILES string of the molecule is O=C(O)c1ncn(CCl)n1. The number of aromatic carboxylic acids is 1. The number of aromatic nitrogens is 3. The zero-order valence-corrected chi connectivity index (χ0v) is 5.62. The van der Waals surface area contributed by atoms with E-state index in [1.807, 2.05) is 0 Å². The van der Waals surface area contributed by atoms with Crippen LogP contribution in [0.2, 0.25) is 0 Å². The zero-order chi connectivity index (χ0) is 7.56. The topological polar surface area (TPSA) is 68.0 Å². The molecule has 0 atom stereocenters. The fraction of sp³-hybridized carbons (Fsp3) is 0.250. The van der Waals surface area contributed by atoms with Crippen LogP contribution >= 0.6 is 11.6 Å². The van der Waals surface area contributed by atoms with Crippen molar-refractivity contribution in [2.45, 2.75) is 6.00 Å². The van der Waals surface area contributed by atoms with Gasteiger partial charge in [-0.05, 0) is 0 Å². The Bertz CT molecular complexity index is 246. The first-order chi connectivity index (χ1) is 4.74. The van der Waals surface area contributed by atoms with Gasteiger partial charge in [0.1, 0.15) is 12.3 Å². The van der Waals surface area contributed by atoms with Crippen LogP contribution in [-0.4, -0.2) is 25.8 Å². The van der Waals surface area contributed by atoms with Crippen molar-refractivity contribution >= 4 is 17.6 Å². The summed E-state index contributed by atoms with van der Waals surface area (Å²) >= 11 is 5.31. The number of carbonyl (C=O) groups is 1. The van der Waals surface area contributed by atoms with Crippen molar-refractivity contribution in [2.75, 3.05) is 0 Å². The molecule has 0 spiro atoms. The Morgan fingerprint density at radius 2 is 2.60 bits per heavy atom. The second kappa shape index (κ2) is 2.66. The average Bonchev–Trinajstić information content (AvgIpc) is 2.34. The van der Waals surface area contributed by atoms with E-state index in [9.17, 15) is 4.79 Å². The van der Waals surface area contributed by atoms with Gasteiger partial charge in [-0.1, -0.05) is 0 Å². The van der Waals surface area contributed by atoms with Gasteiger partial charge in [-0.3, -0.25) is 0 Å². The molecule has 0 aliphatic carbocycles. The fourth-order valence-corrected chi connectivity index (χ4v) is 0.565. The van der Waals surface area contributed by atoms with Crippen molar-refractivity contribution in [1.29, 1.82) is 0 Å². The number of alkyl halides is 1. The van der Waals surface area contributed by atoms with Gasteiger partial charge in [-0.2, -0.15) is 0 Å². The summed E-state index contributed by atoms with van der Waals surface area (Å²) < 4.78 is 1.23. The monoisotopic (exact) mass is 161 g/mol. The minimum Gasteiger partial charge on any atom is -0.475 e.